The highest BCUT2D eigenvalue weighted by molar-refractivity contribution is 6.49. The van der Waals surface area contributed by atoms with Gasteiger partial charge in [-0.1, -0.05) is 13.3 Å². The molecule has 0 spiro atoms. The fourth-order valence-electron chi connectivity index (χ4n) is 1.07. The number of rotatable bonds is 1. The molecule has 0 aromatic carbocycles. The van der Waals surface area contributed by atoms with Gasteiger partial charge in [0.2, 0.25) is 0 Å². The first-order chi connectivity index (χ1) is 3.64. The van der Waals surface area contributed by atoms with Gasteiger partial charge in [0, 0.05) is 0 Å². The first-order valence-corrected chi connectivity index (χ1v) is 3.77. The van der Waals surface area contributed by atoms with Gasteiger partial charge in [0.25, 0.3) is 0 Å². The minimum Gasteiger partial charge on any atom is -0.102 e. The van der Waals surface area contributed by atoms with Crippen LogP contribution in [0.2, 0.25) is 0 Å². The molecule has 0 aromatic rings. The molecule has 1 fully saturated rings. The van der Waals surface area contributed by atoms with Gasteiger partial charge in [-0.05, 0) is 18.8 Å². The fraction of sp³-hybridized carbons (Fsp3) is 1.00. The zero-order valence-corrected chi connectivity index (χ0v) is 6.47. The molecule has 0 unspecified atom stereocenters. The average molecular weight is 153 g/mol. The van der Waals surface area contributed by atoms with E-state index in [0.717, 1.165) is 18.8 Å². The number of hydrogen-bond acceptors (Lipinski definition) is 0. The van der Waals surface area contributed by atoms with E-state index in [-0.39, 0.29) is 4.33 Å². The van der Waals surface area contributed by atoms with E-state index < -0.39 is 0 Å². The Morgan fingerprint density at radius 1 is 1.50 bits per heavy atom. The van der Waals surface area contributed by atoms with Gasteiger partial charge in [-0.2, -0.15) is 0 Å². The second kappa shape index (κ2) is 2.07. The third-order valence-corrected chi connectivity index (χ3v) is 2.37. The monoisotopic (exact) mass is 152 g/mol. The van der Waals surface area contributed by atoms with Gasteiger partial charge in [-0.15, -0.1) is 23.2 Å². The summed E-state index contributed by atoms with van der Waals surface area (Å²) in [6.45, 7) is 2.17. The van der Waals surface area contributed by atoms with Crippen LogP contribution < -0.4 is 0 Å². The van der Waals surface area contributed by atoms with Crippen molar-refractivity contribution < 1.29 is 0 Å². The maximum atomic E-state index is 5.74. The van der Waals surface area contributed by atoms with E-state index in [4.69, 9.17) is 23.2 Å². The lowest BCUT2D eigenvalue weighted by Crippen LogP contribution is -2.32. The number of hydrogen-bond donors (Lipinski definition) is 0. The van der Waals surface area contributed by atoms with E-state index in [9.17, 15) is 0 Å². The van der Waals surface area contributed by atoms with Crippen molar-refractivity contribution in [3.63, 3.8) is 0 Å². The molecule has 0 amide bonds. The summed E-state index contributed by atoms with van der Waals surface area (Å²) in [5.41, 5.74) is 0. The predicted molar refractivity (Wildman–Crippen MR) is 37.5 cm³/mol. The highest BCUT2D eigenvalue weighted by Crippen LogP contribution is 2.47. The van der Waals surface area contributed by atoms with Crippen LogP contribution in [0.5, 0.6) is 0 Å². The number of alkyl halides is 2. The minimum absolute atomic E-state index is 0.360. The maximum Gasteiger partial charge on any atom is 0.118 e. The van der Waals surface area contributed by atoms with Crippen LogP contribution in [0, 0.1) is 5.92 Å². The largest absolute Gasteiger partial charge is 0.118 e. The predicted octanol–water partition coefficient (Wildman–Crippen LogP) is 2.98. The molecule has 8 heavy (non-hydrogen) atoms. The summed E-state index contributed by atoms with van der Waals surface area (Å²) in [4.78, 5) is 0. The molecule has 0 nitrogen and oxygen atoms in total. The van der Waals surface area contributed by atoms with Crippen molar-refractivity contribution in [2.75, 3.05) is 0 Å². The molecule has 1 saturated carbocycles. The van der Waals surface area contributed by atoms with Gasteiger partial charge in [0.15, 0.2) is 0 Å². The summed E-state index contributed by atoms with van der Waals surface area (Å²) < 4.78 is -0.360. The smallest absolute Gasteiger partial charge is 0.102 e. The van der Waals surface area contributed by atoms with Crippen LogP contribution in [0.25, 0.3) is 0 Å². The molecule has 48 valence electrons. The fourth-order valence-corrected chi connectivity index (χ4v) is 1.95. The molecule has 0 heterocycles. The van der Waals surface area contributed by atoms with E-state index in [2.05, 4.69) is 6.92 Å². The van der Waals surface area contributed by atoms with Gasteiger partial charge < -0.3 is 0 Å². The number of halogens is 2. The van der Waals surface area contributed by atoms with Crippen LogP contribution in [-0.2, 0) is 0 Å². The Balaban J connectivity index is 2.21. The highest BCUT2D eigenvalue weighted by atomic mass is 35.5. The van der Waals surface area contributed by atoms with Crippen LogP contribution in [0.3, 0.4) is 0 Å². The summed E-state index contributed by atoms with van der Waals surface area (Å²) in [5, 5.41) is 0. The molecule has 0 aliphatic heterocycles. The quantitative estimate of drug-likeness (QED) is 0.508. The van der Waals surface area contributed by atoms with E-state index in [0.29, 0.717) is 0 Å². The summed E-state index contributed by atoms with van der Waals surface area (Å²) in [5.74, 6) is 0.796. The molecule has 0 saturated heterocycles. The van der Waals surface area contributed by atoms with Crippen molar-refractivity contribution in [3.8, 4) is 0 Å². The van der Waals surface area contributed by atoms with Crippen molar-refractivity contribution in [3.05, 3.63) is 0 Å². The molecular formula is C6H10Cl2. The summed E-state index contributed by atoms with van der Waals surface area (Å²) in [6.07, 6.45) is 3.21. The molecule has 0 radical (unpaired) electrons. The van der Waals surface area contributed by atoms with E-state index in [1.807, 2.05) is 0 Å². The average Bonchev–Trinajstić information content (AvgIpc) is 1.60. The van der Waals surface area contributed by atoms with Gasteiger partial charge in [0.05, 0.1) is 0 Å². The second-order valence-electron chi connectivity index (χ2n) is 2.54. The van der Waals surface area contributed by atoms with Crippen LogP contribution in [0.4, 0.5) is 0 Å². The Labute approximate surface area is 60.2 Å². The van der Waals surface area contributed by atoms with Crippen LogP contribution >= 0.6 is 23.2 Å². The Hall–Kier alpha value is 0.580. The van der Waals surface area contributed by atoms with Crippen molar-refractivity contribution in [1.29, 1.82) is 0 Å². The van der Waals surface area contributed by atoms with Crippen molar-refractivity contribution in [2.45, 2.75) is 30.5 Å². The first-order valence-electron chi connectivity index (χ1n) is 3.02. The van der Waals surface area contributed by atoms with Crippen molar-refractivity contribution in [1.82, 2.24) is 0 Å². The molecule has 0 N–H and O–H groups in total. The van der Waals surface area contributed by atoms with Gasteiger partial charge in [-0.25, -0.2) is 0 Å². The Kier molecular flexibility index (Phi) is 1.74. The summed E-state index contributed by atoms with van der Waals surface area (Å²) in [7, 11) is 0. The zero-order chi connectivity index (χ0) is 6.20. The van der Waals surface area contributed by atoms with Gasteiger partial charge >= 0.3 is 0 Å². The minimum atomic E-state index is -0.360. The Bertz CT molecular complexity index is 80.5. The molecule has 1 aliphatic carbocycles. The van der Waals surface area contributed by atoms with Gasteiger partial charge in [0.1, 0.15) is 4.33 Å². The normalized spacial score (nSPS) is 27.4. The molecular weight excluding hydrogens is 143 g/mol. The van der Waals surface area contributed by atoms with E-state index in [1.54, 1.807) is 0 Å². The summed E-state index contributed by atoms with van der Waals surface area (Å²) in [6, 6.07) is 0. The SMILES string of the molecule is CCC1CC(Cl)(Cl)C1. The third kappa shape index (κ3) is 1.29. The lowest BCUT2D eigenvalue weighted by atomic mass is 9.82. The molecule has 2 heteroatoms. The van der Waals surface area contributed by atoms with Gasteiger partial charge in [-0.3, -0.25) is 0 Å². The van der Waals surface area contributed by atoms with Crippen LogP contribution in [0.1, 0.15) is 26.2 Å². The van der Waals surface area contributed by atoms with E-state index >= 15 is 0 Å². The second-order valence-corrected chi connectivity index (χ2v) is 4.18. The standard InChI is InChI=1S/C6H10Cl2/c1-2-5-3-6(7,8)4-5/h5H,2-4H2,1H3. The zero-order valence-electron chi connectivity index (χ0n) is 4.95. The summed E-state index contributed by atoms with van der Waals surface area (Å²) >= 11 is 11.5. The molecule has 1 aliphatic rings. The van der Waals surface area contributed by atoms with E-state index in [1.165, 1.54) is 6.42 Å². The van der Waals surface area contributed by atoms with Crippen molar-refractivity contribution >= 4 is 23.2 Å². The Morgan fingerprint density at radius 2 is 2.00 bits per heavy atom. The van der Waals surface area contributed by atoms with Crippen molar-refractivity contribution in [2.24, 2.45) is 5.92 Å². The first kappa shape index (κ1) is 6.70. The third-order valence-electron chi connectivity index (χ3n) is 1.75. The lowest BCUT2D eigenvalue weighted by Gasteiger charge is -2.37. The molecule has 1 rings (SSSR count). The Morgan fingerprint density at radius 3 is 2.12 bits per heavy atom. The molecule has 0 bridgehead atoms. The lowest BCUT2D eigenvalue weighted by molar-refractivity contribution is 0.285. The maximum absolute atomic E-state index is 5.74. The van der Waals surface area contributed by atoms with Crippen LogP contribution in [0.15, 0.2) is 0 Å². The topological polar surface area (TPSA) is 0 Å². The van der Waals surface area contributed by atoms with Crippen LogP contribution in [-0.4, -0.2) is 4.33 Å². The molecule has 0 aromatic heterocycles. The highest BCUT2D eigenvalue weighted by Gasteiger charge is 2.39. The molecule has 0 atom stereocenters.